The van der Waals surface area contributed by atoms with Crippen LogP contribution in [0.5, 0.6) is 0 Å². The summed E-state index contributed by atoms with van der Waals surface area (Å²) in [6.07, 6.45) is 1.48. The van der Waals surface area contributed by atoms with Crippen molar-refractivity contribution < 1.29 is 9.62 Å². The zero-order valence-corrected chi connectivity index (χ0v) is 8.79. The van der Waals surface area contributed by atoms with E-state index in [9.17, 15) is 0 Å². The summed E-state index contributed by atoms with van der Waals surface area (Å²) in [5.41, 5.74) is 1.17. The van der Waals surface area contributed by atoms with Crippen LogP contribution in [0.2, 0.25) is 0 Å². The highest BCUT2D eigenvalue weighted by atomic mass is 16.4. The minimum Gasteiger partial charge on any atom is -0.461 e. The van der Waals surface area contributed by atoms with Gasteiger partial charge in [-0.05, 0) is 30.3 Å². The second-order valence-electron chi connectivity index (χ2n) is 3.24. The van der Waals surface area contributed by atoms with Crippen LogP contribution in [0.15, 0.2) is 52.2 Å². The quantitative estimate of drug-likeness (QED) is 0.357. The van der Waals surface area contributed by atoms with E-state index in [0.717, 1.165) is 0 Å². The fourth-order valence-corrected chi connectivity index (χ4v) is 1.35. The fourth-order valence-electron chi connectivity index (χ4n) is 1.35. The molecule has 84 valence electrons. The summed E-state index contributed by atoms with van der Waals surface area (Å²) < 4.78 is 5.10. The maximum Gasteiger partial charge on any atom is 0.212 e. The lowest BCUT2D eigenvalue weighted by Crippen LogP contribution is -2.12. The topological polar surface area (TPSA) is 81.5 Å². The minimum absolute atomic E-state index is 0.185. The number of nitrogens with zero attached hydrogens (tertiary/aromatic N) is 2. The standard InChI is InChI=1S/C12H9N3O2/c13-8-9-3-1-4-10(7-9)14-12(15-16)11-5-2-6-17-11/h1-7,16H,(H,14,15). The third-order valence-corrected chi connectivity index (χ3v) is 2.11. The summed E-state index contributed by atoms with van der Waals surface area (Å²) in [6.45, 7) is 0. The first-order valence-corrected chi connectivity index (χ1v) is 4.86. The van der Waals surface area contributed by atoms with Crippen LogP contribution >= 0.6 is 0 Å². The molecule has 1 aromatic carbocycles. The van der Waals surface area contributed by atoms with Crippen LogP contribution in [0.1, 0.15) is 11.3 Å². The Morgan fingerprint density at radius 2 is 2.24 bits per heavy atom. The first-order valence-electron chi connectivity index (χ1n) is 4.86. The Labute approximate surface area is 97.6 Å². The van der Waals surface area contributed by atoms with Crippen LogP contribution in [0.4, 0.5) is 5.69 Å². The van der Waals surface area contributed by atoms with E-state index >= 15 is 0 Å². The van der Waals surface area contributed by atoms with E-state index in [1.807, 2.05) is 6.07 Å². The van der Waals surface area contributed by atoms with E-state index < -0.39 is 0 Å². The second kappa shape index (κ2) is 4.86. The number of hydrogen-bond donors (Lipinski definition) is 2. The molecule has 0 atom stereocenters. The largest absolute Gasteiger partial charge is 0.461 e. The Kier molecular flexibility index (Phi) is 3.08. The van der Waals surface area contributed by atoms with E-state index in [0.29, 0.717) is 17.0 Å². The van der Waals surface area contributed by atoms with Gasteiger partial charge in [-0.1, -0.05) is 11.2 Å². The molecule has 17 heavy (non-hydrogen) atoms. The zero-order valence-electron chi connectivity index (χ0n) is 8.79. The van der Waals surface area contributed by atoms with Crippen molar-refractivity contribution >= 4 is 11.5 Å². The molecule has 1 heterocycles. The molecule has 1 aromatic heterocycles. The van der Waals surface area contributed by atoms with Crippen LogP contribution in [-0.4, -0.2) is 11.0 Å². The number of rotatable bonds is 2. The maximum absolute atomic E-state index is 8.89. The minimum atomic E-state index is 0.185. The van der Waals surface area contributed by atoms with E-state index in [4.69, 9.17) is 14.9 Å². The van der Waals surface area contributed by atoms with Gasteiger partial charge in [-0.25, -0.2) is 0 Å². The van der Waals surface area contributed by atoms with Crippen LogP contribution in [0, 0.1) is 11.3 Å². The molecule has 5 heteroatoms. The monoisotopic (exact) mass is 227 g/mol. The fraction of sp³-hybridized carbons (Fsp3) is 0. The Morgan fingerprint density at radius 1 is 1.35 bits per heavy atom. The first kappa shape index (κ1) is 10.8. The Morgan fingerprint density at radius 3 is 2.88 bits per heavy atom. The van der Waals surface area contributed by atoms with Crippen molar-refractivity contribution in [2.24, 2.45) is 5.16 Å². The van der Waals surface area contributed by atoms with Crippen LogP contribution in [0.25, 0.3) is 0 Å². The second-order valence-corrected chi connectivity index (χ2v) is 3.24. The van der Waals surface area contributed by atoms with Gasteiger partial charge in [0.05, 0.1) is 17.9 Å². The third kappa shape index (κ3) is 2.44. The van der Waals surface area contributed by atoms with Crippen molar-refractivity contribution in [2.75, 3.05) is 5.32 Å². The number of oxime groups is 1. The number of anilines is 1. The summed E-state index contributed by atoms with van der Waals surface area (Å²) in [6, 6.07) is 12.2. The van der Waals surface area contributed by atoms with Gasteiger partial charge in [-0.15, -0.1) is 0 Å². The van der Waals surface area contributed by atoms with Crippen LogP contribution in [0.3, 0.4) is 0 Å². The van der Waals surface area contributed by atoms with Gasteiger partial charge < -0.3 is 14.9 Å². The van der Waals surface area contributed by atoms with Crippen molar-refractivity contribution in [1.29, 1.82) is 5.26 Å². The summed E-state index contributed by atoms with van der Waals surface area (Å²) in [4.78, 5) is 0. The van der Waals surface area contributed by atoms with Gasteiger partial charge in [0, 0.05) is 5.69 Å². The average molecular weight is 227 g/mol. The first-order chi connectivity index (χ1) is 8.33. The van der Waals surface area contributed by atoms with Gasteiger partial charge in [0.2, 0.25) is 5.84 Å². The highest BCUT2D eigenvalue weighted by molar-refractivity contribution is 6.06. The zero-order chi connectivity index (χ0) is 12.1. The van der Waals surface area contributed by atoms with Gasteiger partial charge >= 0.3 is 0 Å². The van der Waals surface area contributed by atoms with Crippen molar-refractivity contribution in [3.63, 3.8) is 0 Å². The summed E-state index contributed by atoms with van der Waals surface area (Å²) >= 11 is 0. The molecule has 0 spiro atoms. The number of amidine groups is 1. The van der Waals surface area contributed by atoms with Gasteiger partial charge in [0.15, 0.2) is 5.76 Å². The van der Waals surface area contributed by atoms with E-state index in [2.05, 4.69) is 10.5 Å². The molecule has 0 fully saturated rings. The molecule has 2 aromatic rings. The Hall–Kier alpha value is -2.74. The van der Waals surface area contributed by atoms with Gasteiger partial charge in [0.25, 0.3) is 0 Å². The van der Waals surface area contributed by atoms with Gasteiger partial charge in [-0.3, -0.25) is 0 Å². The molecule has 2 N–H and O–H groups in total. The molecule has 0 saturated carbocycles. The molecule has 0 saturated heterocycles. The van der Waals surface area contributed by atoms with E-state index in [-0.39, 0.29) is 5.84 Å². The third-order valence-electron chi connectivity index (χ3n) is 2.11. The molecular weight excluding hydrogens is 218 g/mol. The normalized spacial score (nSPS) is 10.9. The van der Waals surface area contributed by atoms with Gasteiger partial charge in [0.1, 0.15) is 0 Å². The molecule has 0 aliphatic rings. The molecule has 0 radical (unpaired) electrons. The number of nitriles is 1. The maximum atomic E-state index is 8.89. The lowest BCUT2D eigenvalue weighted by Gasteiger charge is -2.05. The van der Waals surface area contributed by atoms with Crippen molar-refractivity contribution in [3.05, 3.63) is 54.0 Å². The van der Waals surface area contributed by atoms with Crippen molar-refractivity contribution in [1.82, 2.24) is 0 Å². The molecule has 0 unspecified atom stereocenters. The lowest BCUT2D eigenvalue weighted by atomic mass is 10.2. The molecule has 0 bridgehead atoms. The molecule has 2 rings (SSSR count). The Bertz CT molecular complexity index is 568. The SMILES string of the molecule is N#Cc1cccc(N/C(=N/O)c2ccco2)c1. The number of nitrogens with one attached hydrogen (secondary N) is 1. The number of hydrogen-bond acceptors (Lipinski definition) is 4. The highest BCUT2D eigenvalue weighted by Gasteiger charge is 2.07. The molecule has 0 aliphatic carbocycles. The smallest absolute Gasteiger partial charge is 0.212 e. The lowest BCUT2D eigenvalue weighted by molar-refractivity contribution is 0.318. The predicted octanol–water partition coefficient (Wildman–Crippen LogP) is 2.40. The van der Waals surface area contributed by atoms with E-state index in [1.165, 1.54) is 6.26 Å². The van der Waals surface area contributed by atoms with Gasteiger partial charge in [-0.2, -0.15) is 5.26 Å². The molecular formula is C12H9N3O2. The molecule has 5 nitrogen and oxygen atoms in total. The summed E-state index contributed by atoms with van der Waals surface area (Å²) in [5, 5.41) is 23.6. The summed E-state index contributed by atoms with van der Waals surface area (Å²) in [7, 11) is 0. The molecule has 0 aliphatic heterocycles. The Balaban J connectivity index is 2.23. The average Bonchev–Trinajstić information content (AvgIpc) is 2.90. The van der Waals surface area contributed by atoms with Crippen LogP contribution < -0.4 is 5.32 Å². The van der Waals surface area contributed by atoms with Crippen molar-refractivity contribution in [3.8, 4) is 6.07 Å². The highest BCUT2D eigenvalue weighted by Crippen LogP contribution is 2.12. The van der Waals surface area contributed by atoms with Crippen molar-refractivity contribution in [2.45, 2.75) is 0 Å². The van der Waals surface area contributed by atoms with Crippen LogP contribution in [-0.2, 0) is 0 Å². The number of furan rings is 1. The van der Waals surface area contributed by atoms with E-state index in [1.54, 1.807) is 36.4 Å². The number of benzene rings is 1. The molecule has 0 amide bonds. The summed E-state index contributed by atoms with van der Waals surface area (Å²) in [5.74, 6) is 0.597. The predicted molar refractivity (Wildman–Crippen MR) is 61.8 cm³/mol.